The maximum atomic E-state index is 12.1. The molecule has 0 bridgehead atoms. The summed E-state index contributed by atoms with van der Waals surface area (Å²) in [6.07, 6.45) is 3.76. The van der Waals surface area contributed by atoms with Gasteiger partial charge in [-0.05, 0) is 42.5 Å². The largest absolute Gasteiger partial charge is 0.461 e. The first-order valence-electron chi connectivity index (χ1n) is 7.20. The zero-order chi connectivity index (χ0) is 13.9. The van der Waals surface area contributed by atoms with E-state index >= 15 is 0 Å². The third-order valence-corrected chi connectivity index (χ3v) is 4.69. The molecule has 0 radical (unpaired) electrons. The molecule has 0 N–H and O–H groups in total. The quantitative estimate of drug-likeness (QED) is 0.801. The van der Waals surface area contributed by atoms with Crippen LogP contribution in [-0.2, 0) is 20.9 Å². The normalized spacial score (nSPS) is 22.6. The smallest absolute Gasteiger partial charge is 0.311 e. The fourth-order valence-corrected chi connectivity index (χ4v) is 3.26. The Bertz CT molecular complexity index is 481. The first-order valence-corrected chi connectivity index (χ1v) is 8.15. The summed E-state index contributed by atoms with van der Waals surface area (Å²) in [5, 5.41) is 3.96. The highest BCUT2D eigenvalue weighted by atomic mass is 32.1. The van der Waals surface area contributed by atoms with Crippen molar-refractivity contribution < 1.29 is 14.3 Å². The van der Waals surface area contributed by atoms with Gasteiger partial charge in [0.1, 0.15) is 6.61 Å². The Morgan fingerprint density at radius 2 is 2.15 bits per heavy atom. The second-order valence-electron chi connectivity index (χ2n) is 5.64. The summed E-state index contributed by atoms with van der Waals surface area (Å²) in [6, 6.07) is 1.96. The summed E-state index contributed by atoms with van der Waals surface area (Å²) in [5.74, 6) is 0.158. The lowest BCUT2D eigenvalue weighted by atomic mass is 9.98. The number of thiophene rings is 1. The molecule has 2 heterocycles. The van der Waals surface area contributed by atoms with Crippen LogP contribution in [0.4, 0.5) is 0 Å². The molecule has 20 heavy (non-hydrogen) atoms. The summed E-state index contributed by atoms with van der Waals surface area (Å²) in [5.41, 5.74) is 1.03. The van der Waals surface area contributed by atoms with Crippen LogP contribution in [0.1, 0.15) is 31.2 Å². The average molecular weight is 293 g/mol. The second-order valence-corrected chi connectivity index (χ2v) is 6.42. The van der Waals surface area contributed by atoms with E-state index in [1.54, 1.807) is 11.3 Å². The molecular weight excluding hydrogens is 274 g/mol. The molecule has 3 rings (SSSR count). The molecule has 2 fully saturated rings. The van der Waals surface area contributed by atoms with E-state index in [0.717, 1.165) is 37.8 Å². The summed E-state index contributed by atoms with van der Waals surface area (Å²) in [6.45, 7) is 1.68. The van der Waals surface area contributed by atoms with Crippen LogP contribution in [0, 0.1) is 11.8 Å². The molecule has 0 unspecified atom stereocenters. The van der Waals surface area contributed by atoms with Crippen LogP contribution in [0.3, 0.4) is 0 Å². The first-order chi connectivity index (χ1) is 9.74. The molecule has 1 aromatic heterocycles. The predicted molar refractivity (Wildman–Crippen MR) is 76.1 cm³/mol. The van der Waals surface area contributed by atoms with Gasteiger partial charge in [-0.1, -0.05) is 0 Å². The maximum Gasteiger partial charge on any atom is 0.311 e. The highest BCUT2D eigenvalue weighted by Gasteiger charge is 2.37. The van der Waals surface area contributed by atoms with Crippen molar-refractivity contribution in [3.63, 3.8) is 0 Å². The van der Waals surface area contributed by atoms with Gasteiger partial charge in [-0.15, -0.1) is 0 Å². The number of hydrogen-bond acceptors (Lipinski definition) is 4. The molecule has 1 amide bonds. The third kappa shape index (κ3) is 3.20. The lowest BCUT2D eigenvalue weighted by molar-refractivity contribution is -0.153. The number of esters is 1. The minimum atomic E-state index is -0.163. The highest BCUT2D eigenvalue weighted by Crippen LogP contribution is 2.32. The Kier molecular flexibility index (Phi) is 4.05. The van der Waals surface area contributed by atoms with Crippen molar-refractivity contribution >= 4 is 23.2 Å². The molecular formula is C15H19NO3S. The molecule has 0 spiro atoms. The molecule has 5 heteroatoms. The predicted octanol–water partition coefficient (Wildman–Crippen LogP) is 2.44. The van der Waals surface area contributed by atoms with E-state index < -0.39 is 0 Å². The van der Waals surface area contributed by atoms with Gasteiger partial charge in [0.2, 0.25) is 5.91 Å². The third-order valence-electron chi connectivity index (χ3n) is 3.95. The number of ether oxygens (including phenoxy) is 1. The molecule has 1 saturated heterocycles. The summed E-state index contributed by atoms with van der Waals surface area (Å²) in [4.78, 5) is 26.0. The van der Waals surface area contributed by atoms with Gasteiger partial charge in [-0.2, -0.15) is 11.3 Å². The number of carbonyl (C=O) groups excluding carboxylic acids is 2. The van der Waals surface area contributed by atoms with E-state index in [1.165, 1.54) is 0 Å². The van der Waals surface area contributed by atoms with Crippen LogP contribution in [0.15, 0.2) is 16.8 Å². The van der Waals surface area contributed by atoms with E-state index in [-0.39, 0.29) is 23.7 Å². The number of hydrogen-bond donors (Lipinski definition) is 0. The molecule has 4 nitrogen and oxygen atoms in total. The van der Waals surface area contributed by atoms with Crippen LogP contribution in [0.2, 0.25) is 0 Å². The average Bonchev–Trinajstić information content (AvgIpc) is 3.20. The molecule has 1 aliphatic heterocycles. The Morgan fingerprint density at radius 3 is 2.85 bits per heavy atom. The Morgan fingerprint density at radius 1 is 1.30 bits per heavy atom. The van der Waals surface area contributed by atoms with Gasteiger partial charge in [-0.3, -0.25) is 9.59 Å². The van der Waals surface area contributed by atoms with Crippen LogP contribution in [-0.4, -0.2) is 29.9 Å². The van der Waals surface area contributed by atoms with Gasteiger partial charge < -0.3 is 9.64 Å². The molecule has 1 saturated carbocycles. The van der Waals surface area contributed by atoms with Gasteiger partial charge in [0, 0.05) is 24.6 Å². The van der Waals surface area contributed by atoms with Crippen molar-refractivity contribution in [1.29, 1.82) is 0 Å². The highest BCUT2D eigenvalue weighted by molar-refractivity contribution is 7.07. The zero-order valence-corrected chi connectivity index (χ0v) is 12.2. The van der Waals surface area contributed by atoms with E-state index in [2.05, 4.69) is 0 Å². The van der Waals surface area contributed by atoms with Gasteiger partial charge in [0.05, 0.1) is 5.92 Å². The minimum absolute atomic E-state index is 0.148. The van der Waals surface area contributed by atoms with Crippen LogP contribution >= 0.6 is 11.3 Å². The van der Waals surface area contributed by atoms with Gasteiger partial charge in [-0.25, -0.2) is 0 Å². The number of nitrogens with zero attached hydrogens (tertiary/aromatic N) is 1. The van der Waals surface area contributed by atoms with E-state index in [0.29, 0.717) is 13.2 Å². The summed E-state index contributed by atoms with van der Waals surface area (Å²) >= 11 is 1.60. The molecule has 1 aromatic rings. The SMILES string of the molecule is O=C(OCc1ccsc1)[C@H]1CCCN(C(=O)C2CC2)C1. The molecule has 2 aliphatic rings. The fourth-order valence-electron chi connectivity index (χ4n) is 2.61. The Hall–Kier alpha value is -1.36. The van der Waals surface area contributed by atoms with Gasteiger partial charge in [0.25, 0.3) is 0 Å². The Labute approximate surface area is 122 Å². The van der Waals surface area contributed by atoms with Gasteiger partial charge >= 0.3 is 5.97 Å². The van der Waals surface area contributed by atoms with Gasteiger partial charge in [0.15, 0.2) is 0 Å². The molecule has 1 aliphatic carbocycles. The van der Waals surface area contributed by atoms with Crippen molar-refractivity contribution in [1.82, 2.24) is 4.90 Å². The van der Waals surface area contributed by atoms with Crippen molar-refractivity contribution in [2.75, 3.05) is 13.1 Å². The van der Waals surface area contributed by atoms with E-state index in [9.17, 15) is 9.59 Å². The number of piperidine rings is 1. The summed E-state index contributed by atoms with van der Waals surface area (Å²) < 4.78 is 5.36. The molecule has 108 valence electrons. The lowest BCUT2D eigenvalue weighted by Gasteiger charge is -2.31. The number of likely N-dealkylation sites (tertiary alicyclic amines) is 1. The topological polar surface area (TPSA) is 46.6 Å². The van der Waals surface area contributed by atoms with Crippen molar-refractivity contribution in [3.8, 4) is 0 Å². The Balaban J connectivity index is 1.50. The van der Waals surface area contributed by atoms with E-state index in [4.69, 9.17) is 4.74 Å². The summed E-state index contributed by atoms with van der Waals surface area (Å²) in [7, 11) is 0. The van der Waals surface area contributed by atoms with Crippen LogP contribution < -0.4 is 0 Å². The fraction of sp³-hybridized carbons (Fsp3) is 0.600. The maximum absolute atomic E-state index is 12.1. The lowest BCUT2D eigenvalue weighted by Crippen LogP contribution is -2.43. The van der Waals surface area contributed by atoms with Crippen molar-refractivity contribution in [2.24, 2.45) is 11.8 Å². The number of amides is 1. The number of carbonyl (C=O) groups is 2. The monoisotopic (exact) mass is 293 g/mol. The van der Waals surface area contributed by atoms with E-state index in [1.807, 2.05) is 21.7 Å². The molecule has 1 atom stereocenters. The van der Waals surface area contributed by atoms with Crippen molar-refractivity contribution in [2.45, 2.75) is 32.3 Å². The second kappa shape index (κ2) is 5.95. The standard InChI is InChI=1S/C15H19NO3S/c17-14(12-3-4-12)16-6-1-2-13(8-16)15(18)19-9-11-5-7-20-10-11/h5,7,10,12-13H,1-4,6,8-9H2/t13-/m0/s1. The number of rotatable bonds is 4. The zero-order valence-electron chi connectivity index (χ0n) is 11.4. The van der Waals surface area contributed by atoms with Crippen LogP contribution in [0.25, 0.3) is 0 Å². The molecule has 0 aromatic carbocycles. The minimum Gasteiger partial charge on any atom is -0.461 e. The van der Waals surface area contributed by atoms with Crippen LogP contribution in [0.5, 0.6) is 0 Å². The van der Waals surface area contributed by atoms with Crippen molar-refractivity contribution in [3.05, 3.63) is 22.4 Å². The first kappa shape index (κ1) is 13.6.